The minimum Gasteiger partial charge on any atom is -0.484 e. The van der Waals surface area contributed by atoms with E-state index in [1.165, 1.54) is 50.3 Å². The van der Waals surface area contributed by atoms with Crippen molar-refractivity contribution >= 4 is 5.97 Å². The molecule has 0 aromatic heterocycles. The van der Waals surface area contributed by atoms with Crippen LogP contribution in [0.3, 0.4) is 0 Å². The average Bonchev–Trinajstić information content (AvgIpc) is 3.44. The first kappa shape index (κ1) is 19.6. The Kier molecular flexibility index (Phi) is 4.83. The third-order valence-electron chi connectivity index (χ3n) is 7.82. The van der Waals surface area contributed by atoms with Gasteiger partial charge in [-0.05, 0) is 93.5 Å². The lowest BCUT2D eigenvalue weighted by atomic mass is 9.70. The van der Waals surface area contributed by atoms with E-state index in [2.05, 4.69) is 13.8 Å². The molecule has 3 nitrogen and oxygen atoms in total. The summed E-state index contributed by atoms with van der Waals surface area (Å²) in [6.45, 7) is 4.16. The Balaban J connectivity index is 1.33. The van der Waals surface area contributed by atoms with Crippen molar-refractivity contribution in [3.8, 4) is 11.5 Å². The lowest BCUT2D eigenvalue weighted by molar-refractivity contribution is -0.00811. The highest BCUT2D eigenvalue weighted by atomic mass is 19.1. The molecule has 2 bridgehead atoms. The molecule has 30 heavy (non-hydrogen) atoms. The number of benzene rings is 2. The number of carbonyl (C=O) groups is 1. The molecule has 0 saturated heterocycles. The van der Waals surface area contributed by atoms with Crippen molar-refractivity contribution in [2.45, 2.75) is 51.6 Å². The standard InChI is InChI=1S/C26H29FO3/c1-26(2,22-14-17-13-21(22)20-10-6-9-19(17)20)30-24-15-16(11-12-23(24)27)25(28)29-18-7-4-3-5-8-18/h3-5,7-8,11-12,15,17,19-22H,6,9-10,13-14H2,1-2H3. The van der Waals surface area contributed by atoms with E-state index in [1.54, 1.807) is 24.3 Å². The van der Waals surface area contributed by atoms with E-state index in [9.17, 15) is 9.18 Å². The molecule has 2 aromatic carbocycles. The Morgan fingerprint density at radius 1 is 1.00 bits per heavy atom. The van der Waals surface area contributed by atoms with Crippen LogP contribution in [0.1, 0.15) is 56.3 Å². The lowest BCUT2D eigenvalue weighted by Gasteiger charge is -2.41. The summed E-state index contributed by atoms with van der Waals surface area (Å²) >= 11 is 0. The summed E-state index contributed by atoms with van der Waals surface area (Å²) in [6.07, 6.45) is 6.57. The van der Waals surface area contributed by atoms with E-state index in [0.29, 0.717) is 17.6 Å². The van der Waals surface area contributed by atoms with Gasteiger partial charge in [0.05, 0.1) is 5.56 Å². The molecule has 3 saturated carbocycles. The topological polar surface area (TPSA) is 35.5 Å². The van der Waals surface area contributed by atoms with Crippen molar-refractivity contribution in [3.63, 3.8) is 0 Å². The number of esters is 1. The Morgan fingerprint density at radius 3 is 2.57 bits per heavy atom. The summed E-state index contributed by atoms with van der Waals surface area (Å²) < 4.78 is 26.3. The molecule has 0 amide bonds. The molecule has 158 valence electrons. The van der Waals surface area contributed by atoms with Gasteiger partial charge in [-0.2, -0.15) is 0 Å². The van der Waals surface area contributed by atoms with Gasteiger partial charge >= 0.3 is 5.97 Å². The van der Waals surface area contributed by atoms with Crippen molar-refractivity contribution < 1.29 is 18.7 Å². The van der Waals surface area contributed by atoms with E-state index < -0.39 is 17.4 Å². The maximum atomic E-state index is 14.6. The number of fused-ring (bicyclic) bond motifs is 5. The Labute approximate surface area is 177 Å². The highest BCUT2D eigenvalue weighted by Gasteiger charge is 2.57. The third kappa shape index (κ3) is 3.40. The molecule has 2 aromatic rings. The van der Waals surface area contributed by atoms with Gasteiger partial charge in [-0.25, -0.2) is 9.18 Å². The fourth-order valence-electron chi connectivity index (χ4n) is 6.59. The molecule has 3 aliphatic carbocycles. The first-order chi connectivity index (χ1) is 14.4. The Hall–Kier alpha value is -2.36. The molecule has 0 N–H and O–H groups in total. The number of hydrogen-bond donors (Lipinski definition) is 0. The van der Waals surface area contributed by atoms with Gasteiger partial charge in [0.1, 0.15) is 11.4 Å². The van der Waals surface area contributed by atoms with Gasteiger partial charge in [-0.15, -0.1) is 0 Å². The van der Waals surface area contributed by atoms with Gasteiger partial charge in [0, 0.05) is 5.92 Å². The van der Waals surface area contributed by atoms with Crippen molar-refractivity contribution in [3.05, 3.63) is 59.9 Å². The van der Waals surface area contributed by atoms with Crippen LogP contribution in [0.15, 0.2) is 48.5 Å². The summed E-state index contributed by atoms with van der Waals surface area (Å²) in [7, 11) is 0. The van der Waals surface area contributed by atoms with Crippen LogP contribution in [0.2, 0.25) is 0 Å². The van der Waals surface area contributed by atoms with Crippen molar-refractivity contribution in [2.24, 2.45) is 29.6 Å². The zero-order valence-corrected chi connectivity index (χ0v) is 17.6. The van der Waals surface area contributed by atoms with E-state index in [4.69, 9.17) is 9.47 Å². The van der Waals surface area contributed by atoms with Crippen LogP contribution in [0, 0.1) is 35.4 Å². The molecule has 4 heteroatoms. The van der Waals surface area contributed by atoms with E-state index >= 15 is 0 Å². The second kappa shape index (κ2) is 7.40. The van der Waals surface area contributed by atoms with Crippen LogP contribution in [-0.4, -0.2) is 11.6 Å². The number of ether oxygens (including phenoxy) is 2. The first-order valence-electron chi connectivity index (χ1n) is 11.2. The van der Waals surface area contributed by atoms with Gasteiger partial charge in [-0.3, -0.25) is 0 Å². The predicted molar refractivity (Wildman–Crippen MR) is 113 cm³/mol. The van der Waals surface area contributed by atoms with Crippen LogP contribution in [0.4, 0.5) is 4.39 Å². The van der Waals surface area contributed by atoms with Crippen LogP contribution >= 0.6 is 0 Å². The predicted octanol–water partition coefficient (Wildman–Crippen LogP) is 6.27. The van der Waals surface area contributed by atoms with Gasteiger partial charge in [0.15, 0.2) is 11.6 Å². The Morgan fingerprint density at radius 2 is 1.77 bits per heavy atom. The summed E-state index contributed by atoms with van der Waals surface area (Å²) in [5.41, 5.74) is -0.190. The van der Waals surface area contributed by atoms with Gasteiger partial charge in [0.25, 0.3) is 0 Å². The summed E-state index contributed by atoms with van der Waals surface area (Å²) in [4.78, 5) is 12.5. The monoisotopic (exact) mass is 408 g/mol. The largest absolute Gasteiger partial charge is 0.484 e. The SMILES string of the molecule is CC(C)(Oc1cc(C(=O)Oc2ccccc2)ccc1F)C1CC2CC1C1CCCC21. The molecule has 0 spiro atoms. The van der Waals surface area contributed by atoms with Crippen LogP contribution in [0.25, 0.3) is 0 Å². The molecule has 5 unspecified atom stereocenters. The molecular formula is C26H29FO3. The molecule has 0 radical (unpaired) electrons. The van der Waals surface area contributed by atoms with Crippen molar-refractivity contribution in [1.29, 1.82) is 0 Å². The number of carbonyl (C=O) groups excluding carboxylic acids is 1. The highest BCUT2D eigenvalue weighted by molar-refractivity contribution is 5.91. The number of hydrogen-bond acceptors (Lipinski definition) is 3. The normalized spacial score (nSPS) is 29.6. The third-order valence-corrected chi connectivity index (χ3v) is 7.82. The summed E-state index contributed by atoms with van der Waals surface area (Å²) in [5.74, 6) is 3.30. The van der Waals surface area contributed by atoms with Crippen molar-refractivity contribution in [2.75, 3.05) is 0 Å². The zero-order chi connectivity index (χ0) is 20.9. The molecule has 0 aliphatic heterocycles. The molecule has 3 aliphatic rings. The van der Waals surface area contributed by atoms with E-state index in [-0.39, 0.29) is 11.3 Å². The fraction of sp³-hybridized carbons (Fsp3) is 0.500. The second-order valence-electron chi connectivity index (χ2n) is 9.81. The first-order valence-corrected chi connectivity index (χ1v) is 11.2. The maximum absolute atomic E-state index is 14.6. The van der Waals surface area contributed by atoms with Crippen molar-refractivity contribution in [1.82, 2.24) is 0 Å². The number of halogens is 1. The van der Waals surface area contributed by atoms with Gasteiger partial charge < -0.3 is 9.47 Å². The fourth-order valence-corrected chi connectivity index (χ4v) is 6.59. The minimum atomic E-state index is -0.516. The second-order valence-corrected chi connectivity index (χ2v) is 9.81. The van der Waals surface area contributed by atoms with Gasteiger partial charge in [0.2, 0.25) is 0 Å². The Bertz CT molecular complexity index is 939. The summed E-state index contributed by atoms with van der Waals surface area (Å²) in [5, 5.41) is 0. The smallest absolute Gasteiger partial charge is 0.343 e. The molecule has 5 atom stereocenters. The van der Waals surface area contributed by atoms with E-state index in [1.807, 2.05) is 6.07 Å². The summed E-state index contributed by atoms with van der Waals surface area (Å²) in [6, 6.07) is 13.1. The quantitative estimate of drug-likeness (QED) is 0.432. The molecule has 5 rings (SSSR count). The molecule has 0 heterocycles. The van der Waals surface area contributed by atoms with Crippen LogP contribution in [-0.2, 0) is 0 Å². The number of para-hydroxylation sites is 1. The maximum Gasteiger partial charge on any atom is 0.343 e. The van der Waals surface area contributed by atoms with E-state index in [0.717, 1.165) is 17.8 Å². The van der Waals surface area contributed by atoms with Crippen LogP contribution in [0.5, 0.6) is 11.5 Å². The zero-order valence-electron chi connectivity index (χ0n) is 17.6. The van der Waals surface area contributed by atoms with Crippen LogP contribution < -0.4 is 9.47 Å². The average molecular weight is 409 g/mol. The molecule has 3 fully saturated rings. The molecular weight excluding hydrogens is 379 g/mol. The minimum absolute atomic E-state index is 0.133. The lowest BCUT2D eigenvalue weighted by Crippen LogP contribution is -2.43. The number of rotatable bonds is 5. The van der Waals surface area contributed by atoms with Gasteiger partial charge in [-0.1, -0.05) is 24.6 Å². The highest BCUT2D eigenvalue weighted by Crippen LogP contribution is 2.63.